The predicted octanol–water partition coefficient (Wildman–Crippen LogP) is 8.77. The molecule has 1 amide bonds. The van der Waals surface area contributed by atoms with E-state index >= 15 is 0 Å². The van der Waals surface area contributed by atoms with Crippen LogP contribution in [-0.2, 0) is 5.54 Å². The summed E-state index contributed by atoms with van der Waals surface area (Å²) in [4.78, 5) is 23.7. The highest BCUT2D eigenvalue weighted by Crippen LogP contribution is 2.58. The molecule has 5 aromatic carbocycles. The third-order valence-electron chi connectivity index (χ3n) is 9.47. The second-order valence-electron chi connectivity index (χ2n) is 11.7. The number of hydrogen-bond donors (Lipinski definition) is 0. The summed E-state index contributed by atoms with van der Waals surface area (Å²) in [6.45, 7) is 12.1. The van der Waals surface area contributed by atoms with Crippen molar-refractivity contribution in [2.45, 2.75) is 33.2 Å². The van der Waals surface area contributed by atoms with E-state index in [1.807, 2.05) is 48.5 Å². The minimum Gasteiger partial charge on any atom is -0.456 e. The van der Waals surface area contributed by atoms with Crippen molar-refractivity contribution in [3.05, 3.63) is 125 Å². The number of ether oxygens (including phenoxy) is 1. The Labute approximate surface area is 276 Å². The van der Waals surface area contributed by atoms with Crippen molar-refractivity contribution in [3.63, 3.8) is 0 Å². The molecule has 0 aliphatic carbocycles. The van der Waals surface area contributed by atoms with Crippen LogP contribution >= 0.6 is 0 Å². The maximum atomic E-state index is 14.4. The molecule has 7 nitrogen and oxygen atoms in total. The number of fused-ring (bicyclic) bond motifs is 7. The average Bonchev–Trinajstić information content (AvgIpc) is 3.35. The topological polar surface area (TPSA) is 60.7 Å². The number of anilines is 2. The molecule has 0 unspecified atom stereocenters. The number of carbonyl (C=O) groups is 1. The molecule has 2 heterocycles. The summed E-state index contributed by atoms with van der Waals surface area (Å²) in [7, 11) is 0. The average molecular weight is 622 g/mol. The van der Waals surface area contributed by atoms with E-state index in [-0.39, 0.29) is 5.91 Å². The van der Waals surface area contributed by atoms with Gasteiger partial charge in [-0.15, -0.1) is 0 Å². The minimum atomic E-state index is -1.04. The monoisotopic (exact) mass is 621 g/mol. The first kappa shape index (κ1) is 30.2. The summed E-state index contributed by atoms with van der Waals surface area (Å²) >= 11 is 0. The van der Waals surface area contributed by atoms with Crippen molar-refractivity contribution in [2.24, 2.45) is 10.1 Å². The number of hydrogen-bond acceptors (Lipinski definition) is 6. The van der Waals surface area contributed by atoms with E-state index in [1.54, 1.807) is 17.4 Å². The zero-order chi connectivity index (χ0) is 32.5. The SMILES string of the molecule is CCN(CC)c1ccc2c(c1)Oc1cc(N(CC)CC)ccc1C21c2ccccc2C(=O)N1/N=C/C=Nc1cccc2ccccc12. The van der Waals surface area contributed by atoms with Gasteiger partial charge in [0.2, 0.25) is 0 Å². The van der Waals surface area contributed by atoms with Gasteiger partial charge in [0.1, 0.15) is 17.0 Å². The van der Waals surface area contributed by atoms with Gasteiger partial charge in [0, 0.05) is 83.5 Å². The van der Waals surface area contributed by atoms with Gasteiger partial charge in [-0.05, 0) is 57.3 Å². The number of hydrazone groups is 1. The summed E-state index contributed by atoms with van der Waals surface area (Å²) < 4.78 is 6.78. The van der Waals surface area contributed by atoms with Crippen molar-refractivity contribution >= 4 is 46.2 Å². The van der Waals surface area contributed by atoms with Crippen LogP contribution < -0.4 is 14.5 Å². The van der Waals surface area contributed by atoms with E-state index in [1.165, 1.54) is 0 Å². The van der Waals surface area contributed by atoms with Crippen LogP contribution in [-0.4, -0.2) is 49.5 Å². The Balaban J connectivity index is 1.42. The molecule has 0 bridgehead atoms. The van der Waals surface area contributed by atoms with Crippen LogP contribution in [0.3, 0.4) is 0 Å². The molecule has 0 atom stereocenters. The van der Waals surface area contributed by atoms with Gasteiger partial charge in [0.15, 0.2) is 0 Å². The van der Waals surface area contributed by atoms with Crippen LogP contribution in [0.4, 0.5) is 17.1 Å². The van der Waals surface area contributed by atoms with Crippen molar-refractivity contribution in [3.8, 4) is 11.5 Å². The number of amides is 1. The third kappa shape index (κ3) is 4.85. The Morgan fingerprint density at radius 3 is 1.94 bits per heavy atom. The molecule has 236 valence electrons. The highest BCUT2D eigenvalue weighted by Gasteiger charge is 2.57. The van der Waals surface area contributed by atoms with Crippen molar-refractivity contribution in [1.29, 1.82) is 0 Å². The summed E-state index contributed by atoms with van der Waals surface area (Å²) in [6.07, 6.45) is 3.29. The fourth-order valence-electron chi connectivity index (χ4n) is 7.18. The number of aliphatic imine (C=N–C) groups is 1. The largest absolute Gasteiger partial charge is 0.456 e. The highest BCUT2D eigenvalue weighted by molar-refractivity contribution is 6.18. The lowest BCUT2D eigenvalue weighted by Crippen LogP contribution is -2.44. The molecule has 5 aromatic rings. The molecule has 0 fully saturated rings. The Kier molecular flexibility index (Phi) is 7.98. The van der Waals surface area contributed by atoms with Crippen LogP contribution in [0.15, 0.2) is 113 Å². The third-order valence-corrected chi connectivity index (χ3v) is 9.47. The smallest absolute Gasteiger partial charge is 0.275 e. The maximum Gasteiger partial charge on any atom is 0.275 e. The minimum absolute atomic E-state index is 0.171. The maximum absolute atomic E-state index is 14.4. The van der Waals surface area contributed by atoms with Gasteiger partial charge in [0.05, 0.1) is 11.9 Å². The Morgan fingerprint density at radius 2 is 1.28 bits per heavy atom. The molecule has 0 radical (unpaired) electrons. The van der Waals surface area contributed by atoms with Crippen LogP contribution in [0.2, 0.25) is 0 Å². The summed E-state index contributed by atoms with van der Waals surface area (Å²) in [6, 6.07) is 34.7. The van der Waals surface area contributed by atoms with Crippen LogP contribution in [0.1, 0.15) is 54.7 Å². The Bertz CT molecular complexity index is 1960. The molecule has 2 aliphatic rings. The second kappa shape index (κ2) is 12.4. The Hall–Kier alpha value is -5.43. The standard InChI is InChI=1S/C40H39N5O2/c1-5-43(6-2)29-20-22-34-37(26-29)47-38-27-30(44(7-3)8-4)21-23-35(38)40(34)33-18-12-11-17-32(33)39(46)45(40)42-25-24-41-36-19-13-15-28-14-9-10-16-31(28)36/h9-27H,5-8H2,1-4H3/b41-24?,42-25+. The second-order valence-corrected chi connectivity index (χ2v) is 11.7. The molecular formula is C40H39N5O2. The van der Waals surface area contributed by atoms with Crippen molar-refractivity contribution in [2.75, 3.05) is 36.0 Å². The number of rotatable bonds is 9. The van der Waals surface area contributed by atoms with Crippen molar-refractivity contribution < 1.29 is 9.53 Å². The lowest BCUT2D eigenvalue weighted by Gasteiger charge is -2.42. The number of carbonyl (C=O) groups excluding carboxylic acids is 1. The Morgan fingerprint density at radius 1 is 0.681 bits per heavy atom. The van der Waals surface area contributed by atoms with E-state index in [0.717, 1.165) is 70.7 Å². The van der Waals surface area contributed by atoms with E-state index in [0.29, 0.717) is 17.1 Å². The fourth-order valence-corrected chi connectivity index (χ4v) is 7.18. The lowest BCUT2D eigenvalue weighted by molar-refractivity contribution is 0.0675. The first-order valence-electron chi connectivity index (χ1n) is 16.5. The van der Waals surface area contributed by atoms with Crippen LogP contribution in [0.25, 0.3) is 10.8 Å². The molecule has 0 N–H and O–H groups in total. The molecule has 2 aliphatic heterocycles. The molecule has 7 heteroatoms. The van der Waals surface area contributed by atoms with Crippen LogP contribution in [0.5, 0.6) is 11.5 Å². The molecular weight excluding hydrogens is 582 g/mol. The van der Waals surface area contributed by atoms with Gasteiger partial charge in [-0.25, -0.2) is 5.01 Å². The van der Waals surface area contributed by atoms with Crippen molar-refractivity contribution in [1.82, 2.24) is 5.01 Å². The number of nitrogens with zero attached hydrogens (tertiary/aromatic N) is 5. The van der Waals surface area contributed by atoms with Gasteiger partial charge >= 0.3 is 0 Å². The van der Waals surface area contributed by atoms with Crippen LogP contribution in [0, 0.1) is 0 Å². The quantitative estimate of drug-likeness (QED) is 0.154. The van der Waals surface area contributed by atoms with E-state index < -0.39 is 5.54 Å². The zero-order valence-corrected chi connectivity index (χ0v) is 27.4. The number of benzene rings is 5. The summed E-state index contributed by atoms with van der Waals surface area (Å²) in [5, 5.41) is 8.70. The van der Waals surface area contributed by atoms with Gasteiger partial charge in [-0.1, -0.05) is 66.7 Å². The molecule has 0 saturated carbocycles. The highest BCUT2D eigenvalue weighted by atomic mass is 16.5. The normalized spacial score (nSPS) is 14.5. The van der Waals surface area contributed by atoms with E-state index in [9.17, 15) is 4.79 Å². The lowest BCUT2D eigenvalue weighted by atomic mass is 9.75. The van der Waals surface area contributed by atoms with Gasteiger partial charge in [0.25, 0.3) is 5.91 Å². The van der Waals surface area contributed by atoms with Gasteiger partial charge < -0.3 is 14.5 Å². The molecule has 0 saturated heterocycles. The molecule has 47 heavy (non-hydrogen) atoms. The van der Waals surface area contributed by atoms with Gasteiger partial charge in [-0.3, -0.25) is 9.79 Å². The predicted molar refractivity (Wildman–Crippen MR) is 193 cm³/mol. The molecule has 0 aromatic heterocycles. The van der Waals surface area contributed by atoms with E-state index in [2.05, 4.69) is 92.1 Å². The molecule has 1 spiro atoms. The zero-order valence-electron chi connectivity index (χ0n) is 27.4. The summed E-state index contributed by atoms with van der Waals surface area (Å²) in [5.74, 6) is 1.26. The summed E-state index contributed by atoms with van der Waals surface area (Å²) in [5.41, 5.74) is 5.19. The molecule has 7 rings (SSSR count). The van der Waals surface area contributed by atoms with E-state index in [4.69, 9.17) is 14.8 Å². The first-order chi connectivity index (χ1) is 23.0. The fraction of sp³-hybridized carbons (Fsp3) is 0.225. The van der Waals surface area contributed by atoms with Gasteiger partial charge in [-0.2, -0.15) is 5.10 Å². The first-order valence-corrected chi connectivity index (χ1v) is 16.5.